The highest BCUT2D eigenvalue weighted by Gasteiger charge is 2.05. The summed E-state index contributed by atoms with van der Waals surface area (Å²) >= 11 is 5.13. The van der Waals surface area contributed by atoms with Crippen molar-refractivity contribution in [1.82, 2.24) is 19.7 Å². The first-order valence-corrected chi connectivity index (χ1v) is 4.74. The van der Waals surface area contributed by atoms with Gasteiger partial charge in [0.05, 0.1) is 6.54 Å². The van der Waals surface area contributed by atoms with Gasteiger partial charge < -0.3 is 14.1 Å². The highest BCUT2D eigenvalue weighted by Crippen LogP contribution is 2.05. The van der Waals surface area contributed by atoms with E-state index in [1.54, 1.807) is 0 Å². The number of rotatable bonds is 3. The second-order valence-corrected chi connectivity index (χ2v) is 3.26. The third-order valence-corrected chi connectivity index (χ3v) is 2.36. The zero-order chi connectivity index (χ0) is 9.97. The van der Waals surface area contributed by atoms with Crippen molar-refractivity contribution in [2.75, 3.05) is 0 Å². The van der Waals surface area contributed by atoms with E-state index in [1.165, 1.54) is 6.39 Å². The van der Waals surface area contributed by atoms with Gasteiger partial charge in [0.25, 0.3) is 0 Å². The molecule has 0 aliphatic rings. The molecule has 0 spiro atoms. The fraction of sp³-hybridized carbons (Fsp3) is 0.375. The van der Waals surface area contributed by atoms with Crippen LogP contribution in [0.2, 0.25) is 0 Å². The molecule has 2 aromatic rings. The Hall–Kier alpha value is -1.43. The zero-order valence-corrected chi connectivity index (χ0v) is 8.54. The van der Waals surface area contributed by atoms with Crippen LogP contribution in [0.4, 0.5) is 0 Å². The minimum Gasteiger partial charge on any atom is -0.343 e. The Morgan fingerprint density at radius 2 is 2.50 bits per heavy atom. The van der Waals surface area contributed by atoms with Gasteiger partial charge in [-0.25, -0.2) is 0 Å². The summed E-state index contributed by atoms with van der Waals surface area (Å²) in [4.78, 5) is 6.94. The van der Waals surface area contributed by atoms with Gasteiger partial charge >= 0.3 is 0 Å². The molecule has 0 amide bonds. The number of nitrogens with zero attached hydrogens (tertiary/aromatic N) is 3. The Balaban J connectivity index is 2.32. The lowest BCUT2D eigenvalue weighted by Gasteiger charge is -2.02. The van der Waals surface area contributed by atoms with Gasteiger partial charge in [0.1, 0.15) is 0 Å². The predicted molar refractivity (Wildman–Crippen MR) is 52.4 cm³/mol. The molecule has 0 saturated carbocycles. The van der Waals surface area contributed by atoms with Crippen molar-refractivity contribution < 1.29 is 4.52 Å². The molecule has 0 aromatic carbocycles. The maximum absolute atomic E-state index is 5.13. The molecule has 6 heteroatoms. The van der Waals surface area contributed by atoms with Gasteiger partial charge in [0.2, 0.25) is 6.39 Å². The van der Waals surface area contributed by atoms with E-state index in [1.807, 2.05) is 10.8 Å². The second-order valence-electron chi connectivity index (χ2n) is 2.87. The summed E-state index contributed by atoms with van der Waals surface area (Å²) < 4.78 is 7.30. The monoisotopic (exact) mass is 210 g/mol. The van der Waals surface area contributed by atoms with Crippen LogP contribution in [-0.2, 0) is 13.0 Å². The number of imidazole rings is 1. The summed E-state index contributed by atoms with van der Waals surface area (Å²) in [6, 6.07) is 0. The molecule has 1 N–H and O–H groups in total. The molecule has 14 heavy (non-hydrogen) atoms. The Bertz CT molecular complexity index is 456. The number of hydrogen-bond acceptors (Lipinski definition) is 4. The van der Waals surface area contributed by atoms with E-state index >= 15 is 0 Å². The molecular formula is C8H10N4OS. The third kappa shape index (κ3) is 1.60. The van der Waals surface area contributed by atoms with Gasteiger partial charge in [-0.05, 0) is 18.6 Å². The van der Waals surface area contributed by atoms with Gasteiger partial charge in [-0.15, -0.1) is 0 Å². The maximum atomic E-state index is 5.13. The quantitative estimate of drug-likeness (QED) is 0.781. The van der Waals surface area contributed by atoms with Crippen LogP contribution in [0.3, 0.4) is 0 Å². The smallest absolute Gasteiger partial charge is 0.213 e. The Morgan fingerprint density at radius 3 is 3.14 bits per heavy atom. The summed E-state index contributed by atoms with van der Waals surface area (Å²) in [7, 11) is 0. The fourth-order valence-corrected chi connectivity index (χ4v) is 1.54. The van der Waals surface area contributed by atoms with Crippen LogP contribution in [0.25, 0.3) is 0 Å². The van der Waals surface area contributed by atoms with Crippen molar-refractivity contribution in [3.05, 3.63) is 28.9 Å². The van der Waals surface area contributed by atoms with Gasteiger partial charge in [0, 0.05) is 11.9 Å². The van der Waals surface area contributed by atoms with Crippen LogP contribution < -0.4 is 0 Å². The molecule has 0 aliphatic heterocycles. The fourth-order valence-electron chi connectivity index (χ4n) is 1.30. The van der Waals surface area contributed by atoms with E-state index in [4.69, 9.17) is 12.2 Å². The second kappa shape index (κ2) is 3.75. The molecule has 0 atom stereocenters. The molecule has 0 fully saturated rings. The van der Waals surface area contributed by atoms with Crippen LogP contribution in [0.15, 0.2) is 17.1 Å². The van der Waals surface area contributed by atoms with Crippen LogP contribution in [-0.4, -0.2) is 19.7 Å². The number of H-pyrrole nitrogens is 1. The number of aryl methyl sites for hydroxylation is 1. The molecule has 0 radical (unpaired) electrons. The number of aromatic nitrogens is 4. The van der Waals surface area contributed by atoms with E-state index < -0.39 is 0 Å². The topological polar surface area (TPSA) is 59.6 Å². The van der Waals surface area contributed by atoms with Crippen molar-refractivity contribution in [3.63, 3.8) is 0 Å². The Morgan fingerprint density at radius 1 is 1.64 bits per heavy atom. The van der Waals surface area contributed by atoms with Crippen molar-refractivity contribution >= 4 is 12.2 Å². The first-order chi connectivity index (χ1) is 6.81. The largest absolute Gasteiger partial charge is 0.343 e. The average Bonchev–Trinajstić information content (AvgIpc) is 2.79. The van der Waals surface area contributed by atoms with Gasteiger partial charge in [-0.2, -0.15) is 4.98 Å². The first-order valence-electron chi connectivity index (χ1n) is 4.33. The predicted octanol–water partition coefficient (Wildman–Crippen LogP) is 1.54. The number of aromatic amines is 1. The molecule has 0 aliphatic carbocycles. The first kappa shape index (κ1) is 9.14. The lowest BCUT2D eigenvalue weighted by Crippen LogP contribution is -2.05. The summed E-state index contributed by atoms with van der Waals surface area (Å²) in [6.07, 6.45) is 4.14. The van der Waals surface area contributed by atoms with Crippen molar-refractivity contribution in [2.24, 2.45) is 0 Å². The van der Waals surface area contributed by atoms with Crippen molar-refractivity contribution in [1.29, 1.82) is 0 Å². The molecule has 0 unspecified atom stereocenters. The standard InChI is InChI=1S/C8H10N4OS/c1-2-6-3-9-8(14)12(6)4-7-10-5-13-11-7/h3,5H,2,4H2,1H3,(H,9,14). The highest BCUT2D eigenvalue weighted by atomic mass is 32.1. The molecule has 5 nitrogen and oxygen atoms in total. The molecular weight excluding hydrogens is 200 g/mol. The van der Waals surface area contributed by atoms with Crippen LogP contribution in [0.5, 0.6) is 0 Å². The van der Waals surface area contributed by atoms with Crippen LogP contribution in [0, 0.1) is 4.77 Å². The van der Waals surface area contributed by atoms with Crippen molar-refractivity contribution in [3.8, 4) is 0 Å². The minimum atomic E-state index is 0.558. The third-order valence-electron chi connectivity index (χ3n) is 2.02. The Kier molecular flexibility index (Phi) is 2.45. The zero-order valence-electron chi connectivity index (χ0n) is 7.73. The van der Waals surface area contributed by atoms with Gasteiger partial charge in [-0.3, -0.25) is 0 Å². The van der Waals surface area contributed by atoms with Gasteiger partial charge in [-0.1, -0.05) is 12.1 Å². The van der Waals surface area contributed by atoms with Crippen molar-refractivity contribution in [2.45, 2.75) is 19.9 Å². The Labute approximate surface area is 85.8 Å². The SMILES string of the molecule is CCc1c[nH]c(=S)n1Cc1ncon1. The van der Waals surface area contributed by atoms with Crippen LogP contribution in [0.1, 0.15) is 18.4 Å². The van der Waals surface area contributed by atoms with E-state index in [9.17, 15) is 0 Å². The highest BCUT2D eigenvalue weighted by molar-refractivity contribution is 7.71. The molecule has 2 rings (SSSR count). The summed E-state index contributed by atoms with van der Waals surface area (Å²) in [6.45, 7) is 2.63. The normalized spacial score (nSPS) is 10.6. The lowest BCUT2D eigenvalue weighted by atomic mass is 10.3. The van der Waals surface area contributed by atoms with E-state index in [-0.39, 0.29) is 0 Å². The summed E-state index contributed by atoms with van der Waals surface area (Å²) in [5.74, 6) is 0.635. The number of nitrogens with one attached hydrogen (secondary N) is 1. The summed E-state index contributed by atoms with van der Waals surface area (Å²) in [5, 5.41) is 3.74. The van der Waals surface area contributed by atoms with E-state index in [2.05, 4.69) is 26.6 Å². The molecule has 0 saturated heterocycles. The minimum absolute atomic E-state index is 0.558. The molecule has 0 bridgehead atoms. The molecule has 2 heterocycles. The maximum Gasteiger partial charge on any atom is 0.213 e. The molecule has 74 valence electrons. The van der Waals surface area contributed by atoms with E-state index in [0.29, 0.717) is 17.1 Å². The lowest BCUT2D eigenvalue weighted by molar-refractivity contribution is 0.407. The average molecular weight is 210 g/mol. The van der Waals surface area contributed by atoms with Crippen LogP contribution >= 0.6 is 12.2 Å². The number of hydrogen-bond donors (Lipinski definition) is 1. The molecule has 2 aromatic heterocycles. The van der Waals surface area contributed by atoms with E-state index in [0.717, 1.165) is 12.1 Å². The van der Waals surface area contributed by atoms with Gasteiger partial charge in [0.15, 0.2) is 10.6 Å². The summed E-state index contributed by atoms with van der Waals surface area (Å²) in [5.41, 5.74) is 1.14.